The summed E-state index contributed by atoms with van der Waals surface area (Å²) in [6, 6.07) is 3.50. The molecule has 0 unspecified atom stereocenters. The predicted molar refractivity (Wildman–Crippen MR) is 93.3 cm³/mol. The van der Waals surface area contributed by atoms with Crippen LogP contribution < -0.4 is 10.5 Å². The van der Waals surface area contributed by atoms with Gasteiger partial charge in [-0.3, -0.25) is 14.9 Å². The second-order valence-corrected chi connectivity index (χ2v) is 8.45. The van der Waals surface area contributed by atoms with Crippen LogP contribution in [0.3, 0.4) is 0 Å². The van der Waals surface area contributed by atoms with Crippen LogP contribution in [0.2, 0.25) is 0 Å². The molecular formula is C15H22N4O6S. The normalized spacial score (nSPS) is 16.4. The van der Waals surface area contributed by atoms with Crippen molar-refractivity contribution in [1.29, 1.82) is 0 Å². The Morgan fingerprint density at radius 2 is 1.85 bits per heavy atom. The minimum atomic E-state index is -3.92. The molecular weight excluding hydrogens is 364 g/mol. The highest BCUT2D eigenvalue weighted by atomic mass is 32.2. The fraction of sp³-hybridized carbons (Fsp3) is 0.533. The number of ether oxygens (including phenoxy) is 1. The van der Waals surface area contributed by atoms with Gasteiger partial charge in [0.2, 0.25) is 15.9 Å². The van der Waals surface area contributed by atoms with E-state index in [0.717, 1.165) is 6.07 Å². The summed E-state index contributed by atoms with van der Waals surface area (Å²) in [5.41, 5.74) is 4.34. The van der Waals surface area contributed by atoms with Crippen molar-refractivity contribution in [1.82, 2.24) is 9.21 Å². The highest BCUT2D eigenvalue weighted by molar-refractivity contribution is 7.89. The molecule has 2 rings (SSSR count). The van der Waals surface area contributed by atoms with E-state index in [-0.39, 0.29) is 42.7 Å². The number of hydrogen-bond acceptors (Lipinski definition) is 7. The van der Waals surface area contributed by atoms with Gasteiger partial charge in [0.1, 0.15) is 0 Å². The van der Waals surface area contributed by atoms with Crippen LogP contribution in [0.1, 0.15) is 13.8 Å². The lowest BCUT2D eigenvalue weighted by molar-refractivity contribution is -0.386. The maximum absolute atomic E-state index is 12.8. The molecule has 1 saturated heterocycles. The second-order valence-electron chi connectivity index (χ2n) is 6.51. The summed E-state index contributed by atoms with van der Waals surface area (Å²) in [4.78, 5) is 23.9. The molecule has 1 fully saturated rings. The molecule has 1 aliphatic rings. The summed E-state index contributed by atoms with van der Waals surface area (Å²) in [5, 5.41) is 11.1. The van der Waals surface area contributed by atoms with E-state index < -0.39 is 26.2 Å². The second kappa shape index (κ2) is 7.17. The number of nitrogens with zero attached hydrogens (tertiary/aromatic N) is 3. The molecule has 1 amide bonds. The number of piperazine rings is 1. The third-order valence-corrected chi connectivity index (χ3v) is 5.96. The number of carbonyl (C=O) groups excluding carboxylic acids is 1. The van der Waals surface area contributed by atoms with Crippen LogP contribution in [0, 0.1) is 10.1 Å². The topological polar surface area (TPSA) is 136 Å². The summed E-state index contributed by atoms with van der Waals surface area (Å²) in [7, 11) is -2.65. The Hall–Kier alpha value is -2.24. The van der Waals surface area contributed by atoms with Crippen LogP contribution in [-0.2, 0) is 14.8 Å². The van der Waals surface area contributed by atoms with E-state index in [9.17, 15) is 23.3 Å². The number of methoxy groups -OCH3 is 1. The molecule has 1 aliphatic heterocycles. The fourth-order valence-electron chi connectivity index (χ4n) is 2.66. The summed E-state index contributed by atoms with van der Waals surface area (Å²) >= 11 is 0. The van der Waals surface area contributed by atoms with Crippen LogP contribution in [0.25, 0.3) is 0 Å². The first kappa shape index (κ1) is 20.1. The molecule has 0 saturated carbocycles. The number of amides is 1. The van der Waals surface area contributed by atoms with Crippen LogP contribution in [0.5, 0.6) is 5.75 Å². The first-order valence-electron chi connectivity index (χ1n) is 7.89. The van der Waals surface area contributed by atoms with Gasteiger partial charge in [-0.05, 0) is 26.0 Å². The zero-order chi connectivity index (χ0) is 19.7. The van der Waals surface area contributed by atoms with Crippen molar-refractivity contribution in [2.24, 2.45) is 5.73 Å². The Kier molecular flexibility index (Phi) is 5.54. The minimum absolute atomic E-state index is 0.0189. The number of sulfonamides is 1. The minimum Gasteiger partial charge on any atom is -0.490 e. The van der Waals surface area contributed by atoms with Crippen molar-refractivity contribution < 1.29 is 22.9 Å². The zero-order valence-corrected chi connectivity index (χ0v) is 15.7. The average molecular weight is 386 g/mol. The van der Waals surface area contributed by atoms with Crippen LogP contribution >= 0.6 is 0 Å². The van der Waals surface area contributed by atoms with E-state index in [2.05, 4.69) is 0 Å². The lowest BCUT2D eigenvalue weighted by atomic mass is 10.1. The van der Waals surface area contributed by atoms with Gasteiger partial charge in [-0.2, -0.15) is 4.31 Å². The maximum Gasteiger partial charge on any atom is 0.312 e. The van der Waals surface area contributed by atoms with Crippen molar-refractivity contribution in [2.45, 2.75) is 24.3 Å². The highest BCUT2D eigenvalue weighted by Crippen LogP contribution is 2.30. The molecule has 0 radical (unpaired) electrons. The van der Waals surface area contributed by atoms with Crippen molar-refractivity contribution in [3.8, 4) is 5.75 Å². The Bertz CT molecular complexity index is 810. The third kappa shape index (κ3) is 3.94. The number of hydrogen-bond donors (Lipinski definition) is 1. The first-order chi connectivity index (χ1) is 12.0. The standard InChI is InChI=1S/C15H22N4O6S/c1-15(2,16)14(20)17-6-8-18(9-7-17)26(23,24)11-4-5-13(25-3)12(10-11)19(21)22/h4-5,10H,6-9,16H2,1-3H3. The van der Waals surface area contributed by atoms with Crippen LogP contribution in [0.4, 0.5) is 5.69 Å². The Labute approximate surface area is 151 Å². The molecule has 26 heavy (non-hydrogen) atoms. The van der Waals surface area contributed by atoms with Gasteiger partial charge in [0.15, 0.2) is 5.75 Å². The van der Waals surface area contributed by atoms with E-state index in [1.807, 2.05) is 0 Å². The smallest absolute Gasteiger partial charge is 0.312 e. The van der Waals surface area contributed by atoms with E-state index in [1.54, 1.807) is 13.8 Å². The zero-order valence-electron chi connectivity index (χ0n) is 14.8. The third-order valence-electron chi connectivity index (χ3n) is 4.06. The largest absolute Gasteiger partial charge is 0.490 e. The van der Waals surface area contributed by atoms with Gasteiger partial charge < -0.3 is 15.4 Å². The van der Waals surface area contributed by atoms with Crippen molar-refractivity contribution in [2.75, 3.05) is 33.3 Å². The predicted octanol–water partition coefficient (Wildman–Crippen LogP) is 0.174. The summed E-state index contributed by atoms with van der Waals surface area (Å²) < 4.78 is 31.6. The van der Waals surface area contributed by atoms with E-state index >= 15 is 0 Å². The molecule has 144 valence electrons. The van der Waals surface area contributed by atoms with Gasteiger partial charge in [0, 0.05) is 32.2 Å². The molecule has 0 aromatic heterocycles. The molecule has 2 N–H and O–H groups in total. The molecule has 1 aromatic carbocycles. The van der Waals surface area contributed by atoms with Gasteiger partial charge in [-0.15, -0.1) is 0 Å². The number of nitro groups is 1. The van der Waals surface area contributed by atoms with E-state index in [4.69, 9.17) is 10.5 Å². The molecule has 0 atom stereocenters. The molecule has 11 heteroatoms. The van der Waals surface area contributed by atoms with Gasteiger partial charge >= 0.3 is 5.69 Å². The quantitative estimate of drug-likeness (QED) is 0.563. The van der Waals surface area contributed by atoms with Gasteiger partial charge in [0.05, 0.1) is 22.5 Å². The molecule has 0 aliphatic carbocycles. The molecule has 1 heterocycles. The average Bonchev–Trinajstić information content (AvgIpc) is 2.59. The van der Waals surface area contributed by atoms with Gasteiger partial charge in [-0.1, -0.05) is 0 Å². The summed E-state index contributed by atoms with van der Waals surface area (Å²) in [6.45, 7) is 3.77. The summed E-state index contributed by atoms with van der Waals surface area (Å²) in [5.74, 6) is -0.274. The van der Waals surface area contributed by atoms with E-state index in [1.165, 1.54) is 28.4 Å². The highest BCUT2D eigenvalue weighted by Gasteiger charge is 2.34. The molecule has 1 aromatic rings. The maximum atomic E-state index is 12.8. The van der Waals surface area contributed by atoms with E-state index in [0.29, 0.717) is 0 Å². The number of carbonyl (C=O) groups is 1. The lowest BCUT2D eigenvalue weighted by Crippen LogP contribution is -2.57. The SMILES string of the molecule is COc1ccc(S(=O)(=O)N2CCN(C(=O)C(C)(C)N)CC2)cc1[N+](=O)[O-]. The lowest BCUT2D eigenvalue weighted by Gasteiger charge is -2.36. The Morgan fingerprint density at radius 1 is 1.27 bits per heavy atom. The van der Waals surface area contributed by atoms with Gasteiger partial charge in [-0.25, -0.2) is 8.42 Å². The molecule has 0 spiro atoms. The number of benzene rings is 1. The molecule has 0 bridgehead atoms. The van der Waals surface area contributed by atoms with Crippen LogP contribution in [-0.4, -0.2) is 67.3 Å². The number of nitro benzene ring substituents is 1. The van der Waals surface area contributed by atoms with Crippen molar-refractivity contribution in [3.05, 3.63) is 28.3 Å². The van der Waals surface area contributed by atoms with Gasteiger partial charge in [0.25, 0.3) is 0 Å². The first-order valence-corrected chi connectivity index (χ1v) is 9.33. The number of rotatable bonds is 5. The molecule has 10 nitrogen and oxygen atoms in total. The summed E-state index contributed by atoms with van der Waals surface area (Å²) in [6.07, 6.45) is 0. The monoisotopic (exact) mass is 386 g/mol. The Morgan fingerprint density at radius 3 is 2.31 bits per heavy atom. The van der Waals surface area contributed by atoms with Crippen LogP contribution in [0.15, 0.2) is 23.1 Å². The fourth-order valence-corrected chi connectivity index (χ4v) is 4.10. The Balaban J connectivity index is 2.21. The number of nitrogens with two attached hydrogens (primary N) is 1. The van der Waals surface area contributed by atoms with Crippen molar-refractivity contribution >= 4 is 21.6 Å². The van der Waals surface area contributed by atoms with Crippen molar-refractivity contribution in [3.63, 3.8) is 0 Å².